The summed E-state index contributed by atoms with van der Waals surface area (Å²) in [6.07, 6.45) is 0.485. The number of aromatic nitrogens is 3. The van der Waals surface area contributed by atoms with Crippen molar-refractivity contribution < 1.29 is 23.9 Å². The maximum absolute atomic E-state index is 12.4. The molecule has 0 radical (unpaired) electrons. The highest BCUT2D eigenvalue weighted by Gasteiger charge is 2.13. The van der Waals surface area contributed by atoms with Crippen LogP contribution in [0.2, 0.25) is 0 Å². The molecule has 0 atom stereocenters. The highest BCUT2D eigenvalue weighted by molar-refractivity contribution is 7.99. The minimum atomic E-state index is -0.440. The van der Waals surface area contributed by atoms with Crippen LogP contribution in [-0.2, 0) is 23.0 Å². The van der Waals surface area contributed by atoms with E-state index in [0.717, 1.165) is 0 Å². The van der Waals surface area contributed by atoms with Crippen LogP contribution in [0, 0.1) is 0 Å². The number of nitrogens with zero attached hydrogens (tertiary/aromatic N) is 3. The molecule has 0 spiro atoms. The number of hydrogen-bond donors (Lipinski definition) is 2. The maximum Gasteiger partial charge on any atom is 0.338 e. The summed E-state index contributed by atoms with van der Waals surface area (Å²) in [7, 11) is 3.38. The standard InChI is InChI=1S/C24H27N5O5S/c1-4-34-23(32)17-6-5-7-18(14-17)26-21(30)15-35-24-28-27-20(29(24)2)12-13-25-22(31)16-8-10-19(33-3)11-9-16/h5-11,14H,4,12-13,15H2,1-3H3,(H,25,31)(H,26,30). The Morgan fingerprint density at radius 2 is 1.83 bits per heavy atom. The van der Waals surface area contributed by atoms with Gasteiger partial charge in [-0.3, -0.25) is 9.59 Å². The van der Waals surface area contributed by atoms with E-state index in [9.17, 15) is 14.4 Å². The molecule has 0 fully saturated rings. The van der Waals surface area contributed by atoms with E-state index in [1.165, 1.54) is 11.8 Å². The van der Waals surface area contributed by atoms with E-state index in [4.69, 9.17) is 9.47 Å². The van der Waals surface area contributed by atoms with Crippen LogP contribution in [-0.4, -0.2) is 58.6 Å². The predicted octanol–water partition coefficient (Wildman–Crippen LogP) is 2.70. The molecule has 3 aromatic rings. The van der Waals surface area contributed by atoms with Gasteiger partial charge in [0.05, 0.1) is 25.0 Å². The first-order valence-electron chi connectivity index (χ1n) is 10.9. The smallest absolute Gasteiger partial charge is 0.338 e. The number of esters is 1. The second-order valence-electron chi connectivity index (χ2n) is 7.33. The number of nitrogens with one attached hydrogen (secondary N) is 2. The number of carbonyl (C=O) groups is 3. The largest absolute Gasteiger partial charge is 0.497 e. The molecule has 0 unspecified atom stereocenters. The molecule has 11 heteroatoms. The van der Waals surface area contributed by atoms with Crippen molar-refractivity contribution in [1.29, 1.82) is 0 Å². The van der Waals surface area contributed by atoms with Crippen LogP contribution in [0.3, 0.4) is 0 Å². The highest BCUT2D eigenvalue weighted by atomic mass is 32.2. The zero-order chi connectivity index (χ0) is 25.2. The van der Waals surface area contributed by atoms with Crippen molar-refractivity contribution in [3.63, 3.8) is 0 Å². The Balaban J connectivity index is 1.46. The fraction of sp³-hybridized carbons (Fsp3) is 0.292. The fourth-order valence-electron chi connectivity index (χ4n) is 3.09. The van der Waals surface area contributed by atoms with Gasteiger partial charge in [-0.05, 0) is 49.4 Å². The van der Waals surface area contributed by atoms with Gasteiger partial charge in [0, 0.05) is 31.3 Å². The third-order valence-corrected chi connectivity index (χ3v) is 5.92. The summed E-state index contributed by atoms with van der Waals surface area (Å²) in [6, 6.07) is 13.4. The van der Waals surface area contributed by atoms with Crippen LogP contribution in [0.15, 0.2) is 53.7 Å². The molecule has 0 aliphatic rings. The molecule has 0 saturated heterocycles. The van der Waals surface area contributed by atoms with E-state index in [0.29, 0.717) is 46.5 Å². The van der Waals surface area contributed by atoms with Crippen molar-refractivity contribution in [3.05, 3.63) is 65.5 Å². The fourth-order valence-corrected chi connectivity index (χ4v) is 3.82. The van der Waals surface area contributed by atoms with Crippen LogP contribution in [0.5, 0.6) is 5.75 Å². The van der Waals surface area contributed by atoms with Crippen LogP contribution in [0.4, 0.5) is 5.69 Å². The topological polar surface area (TPSA) is 124 Å². The molecular formula is C24H27N5O5S. The van der Waals surface area contributed by atoms with E-state index in [2.05, 4.69) is 20.8 Å². The first-order chi connectivity index (χ1) is 16.9. The molecule has 0 bridgehead atoms. The van der Waals surface area contributed by atoms with Gasteiger partial charge in [-0.1, -0.05) is 17.8 Å². The number of carbonyl (C=O) groups excluding carboxylic acids is 3. The lowest BCUT2D eigenvalue weighted by atomic mass is 10.2. The van der Waals surface area contributed by atoms with Crippen LogP contribution >= 0.6 is 11.8 Å². The van der Waals surface area contributed by atoms with E-state index in [1.54, 1.807) is 67.1 Å². The van der Waals surface area contributed by atoms with Gasteiger partial charge < -0.3 is 24.7 Å². The zero-order valence-corrected chi connectivity index (χ0v) is 20.6. The molecule has 35 heavy (non-hydrogen) atoms. The average Bonchev–Trinajstić information content (AvgIpc) is 3.22. The number of amides is 2. The molecule has 0 aliphatic heterocycles. The number of hydrogen-bond acceptors (Lipinski definition) is 8. The zero-order valence-electron chi connectivity index (χ0n) is 19.7. The summed E-state index contributed by atoms with van der Waals surface area (Å²) in [5.41, 5.74) is 1.42. The number of methoxy groups -OCH3 is 1. The van der Waals surface area contributed by atoms with Crippen molar-refractivity contribution >= 4 is 35.2 Å². The van der Waals surface area contributed by atoms with Gasteiger partial charge in [0.25, 0.3) is 5.91 Å². The van der Waals surface area contributed by atoms with Gasteiger partial charge >= 0.3 is 5.97 Å². The van der Waals surface area contributed by atoms with Gasteiger partial charge in [0.1, 0.15) is 11.6 Å². The molecule has 2 amide bonds. The highest BCUT2D eigenvalue weighted by Crippen LogP contribution is 2.18. The van der Waals surface area contributed by atoms with Crippen molar-refractivity contribution in [2.75, 3.05) is 31.3 Å². The predicted molar refractivity (Wildman–Crippen MR) is 132 cm³/mol. The summed E-state index contributed by atoms with van der Waals surface area (Å²) < 4.78 is 11.9. The maximum atomic E-state index is 12.4. The molecule has 2 aromatic carbocycles. The molecule has 0 saturated carbocycles. The van der Waals surface area contributed by atoms with Crippen LogP contribution in [0.1, 0.15) is 33.5 Å². The van der Waals surface area contributed by atoms with E-state index in [1.807, 2.05) is 7.05 Å². The van der Waals surface area contributed by atoms with Crippen LogP contribution < -0.4 is 15.4 Å². The Morgan fingerprint density at radius 3 is 2.54 bits per heavy atom. The molecule has 2 N–H and O–H groups in total. The Labute approximate surface area is 207 Å². The summed E-state index contributed by atoms with van der Waals surface area (Å²) >= 11 is 1.24. The first kappa shape index (κ1) is 25.8. The minimum Gasteiger partial charge on any atom is -0.497 e. The summed E-state index contributed by atoms with van der Waals surface area (Å²) in [4.78, 5) is 36.5. The van der Waals surface area contributed by atoms with Gasteiger partial charge in [0.15, 0.2) is 5.16 Å². The monoisotopic (exact) mass is 497 g/mol. The molecule has 0 aliphatic carbocycles. The van der Waals surface area contributed by atoms with Gasteiger partial charge in [-0.15, -0.1) is 10.2 Å². The first-order valence-corrected chi connectivity index (χ1v) is 11.9. The number of ether oxygens (including phenoxy) is 2. The molecule has 1 heterocycles. The Bertz CT molecular complexity index is 1180. The average molecular weight is 498 g/mol. The van der Waals surface area contributed by atoms with Crippen molar-refractivity contribution in [2.45, 2.75) is 18.5 Å². The molecule has 1 aromatic heterocycles. The van der Waals surface area contributed by atoms with E-state index in [-0.39, 0.29) is 24.2 Å². The quantitative estimate of drug-likeness (QED) is 0.306. The van der Waals surface area contributed by atoms with Crippen LogP contribution in [0.25, 0.3) is 0 Å². The van der Waals surface area contributed by atoms with Gasteiger partial charge in [0.2, 0.25) is 5.91 Å². The van der Waals surface area contributed by atoms with Gasteiger partial charge in [-0.2, -0.15) is 0 Å². The molecular weight excluding hydrogens is 470 g/mol. The lowest BCUT2D eigenvalue weighted by Gasteiger charge is -2.08. The van der Waals surface area contributed by atoms with Crippen molar-refractivity contribution in [1.82, 2.24) is 20.1 Å². The second-order valence-corrected chi connectivity index (χ2v) is 8.27. The normalized spacial score (nSPS) is 10.5. The number of thioether (sulfide) groups is 1. The Morgan fingerprint density at radius 1 is 1.06 bits per heavy atom. The summed E-state index contributed by atoms with van der Waals surface area (Å²) in [5, 5.41) is 14.5. The van der Waals surface area contributed by atoms with E-state index < -0.39 is 5.97 Å². The SMILES string of the molecule is CCOC(=O)c1cccc(NC(=O)CSc2nnc(CCNC(=O)c3ccc(OC)cc3)n2C)c1. The summed E-state index contributed by atoms with van der Waals surface area (Å²) in [6.45, 7) is 2.40. The number of benzene rings is 2. The molecule has 10 nitrogen and oxygen atoms in total. The summed E-state index contributed by atoms with van der Waals surface area (Å²) in [5.74, 6) is 0.615. The lowest BCUT2D eigenvalue weighted by molar-refractivity contribution is -0.113. The minimum absolute atomic E-state index is 0.115. The third kappa shape index (κ3) is 7.31. The molecule has 184 valence electrons. The van der Waals surface area contributed by atoms with Crippen molar-refractivity contribution in [2.24, 2.45) is 7.05 Å². The van der Waals surface area contributed by atoms with Crippen molar-refractivity contribution in [3.8, 4) is 5.75 Å². The Hall–Kier alpha value is -3.86. The second kappa shape index (κ2) is 12.6. The number of rotatable bonds is 11. The van der Waals surface area contributed by atoms with E-state index >= 15 is 0 Å². The number of anilines is 1. The lowest BCUT2D eigenvalue weighted by Crippen LogP contribution is -2.26. The van der Waals surface area contributed by atoms with Gasteiger partial charge in [-0.25, -0.2) is 4.79 Å². The third-order valence-electron chi connectivity index (χ3n) is 4.90. The molecule has 3 rings (SSSR count). The Kier molecular flexibility index (Phi) is 9.24.